The molecule has 0 aliphatic heterocycles. The van der Waals surface area contributed by atoms with Crippen LogP contribution in [0.4, 0.5) is 0 Å². The predicted octanol–water partition coefficient (Wildman–Crippen LogP) is 3.97. The van der Waals surface area contributed by atoms with E-state index in [2.05, 4.69) is 55.1 Å². The Labute approximate surface area is 134 Å². The molecule has 0 aromatic rings. The molecule has 0 spiro atoms. The van der Waals surface area contributed by atoms with E-state index in [1.165, 1.54) is 37.0 Å². The van der Waals surface area contributed by atoms with Crippen LogP contribution in [0.5, 0.6) is 0 Å². The molecule has 0 aliphatic rings. The minimum absolute atomic E-state index is 0. The van der Waals surface area contributed by atoms with E-state index in [-0.39, 0.29) is 32.3 Å². The molecule has 0 saturated carbocycles. The fraction of sp³-hybridized carbons (Fsp3) is 0.857. The fourth-order valence-corrected chi connectivity index (χ4v) is 4.50. The molecule has 19 heavy (non-hydrogen) atoms. The van der Waals surface area contributed by atoms with Gasteiger partial charge in [-0.1, -0.05) is 0 Å². The van der Waals surface area contributed by atoms with Crippen molar-refractivity contribution in [3.8, 4) is 0 Å². The average Bonchev–Trinajstić information content (AvgIpc) is 2.48. The van der Waals surface area contributed by atoms with Crippen molar-refractivity contribution in [3.05, 3.63) is 0 Å². The van der Waals surface area contributed by atoms with Gasteiger partial charge in [0.2, 0.25) is 0 Å². The van der Waals surface area contributed by atoms with E-state index in [1.807, 2.05) is 0 Å². The van der Waals surface area contributed by atoms with E-state index in [9.17, 15) is 0 Å². The molecule has 0 radical (unpaired) electrons. The Morgan fingerprint density at radius 2 is 0.632 bits per heavy atom. The van der Waals surface area contributed by atoms with Crippen LogP contribution in [0.15, 0.2) is 0 Å². The van der Waals surface area contributed by atoms with Crippen LogP contribution in [0.2, 0.25) is 0 Å². The Balaban J connectivity index is -0.0000000522. The van der Waals surface area contributed by atoms with Gasteiger partial charge in [0.15, 0.2) is 0 Å². The van der Waals surface area contributed by atoms with E-state index in [1.54, 1.807) is 0 Å². The third-order valence-corrected chi connectivity index (χ3v) is 9.00. The number of hydrogen-bond donors (Lipinski definition) is 0. The molecule has 0 bridgehead atoms. The maximum absolute atomic E-state index is 7.75. The van der Waals surface area contributed by atoms with Crippen LogP contribution in [-0.4, -0.2) is 50.5 Å². The summed E-state index contributed by atoms with van der Waals surface area (Å²) < 4.78 is 0. The summed E-state index contributed by atoms with van der Waals surface area (Å²) in [5, 5.41) is 0. The Morgan fingerprint density at radius 3 is 0.632 bits per heavy atom. The van der Waals surface area contributed by atoms with Crippen LogP contribution in [0, 0.1) is 0 Å². The SMILES string of the molecule is CC[PH+](CC)CC.CC[PH+](CC)CC.[CH-]=O.[CH-]=O.[Ni+2]. The largest absolute Gasteiger partial charge is 2.00 e. The Morgan fingerprint density at radius 1 is 0.526 bits per heavy atom. The Bertz CT molecular complexity index is 97.0. The minimum atomic E-state index is 0. The van der Waals surface area contributed by atoms with Crippen LogP contribution < -0.4 is 0 Å². The van der Waals surface area contributed by atoms with Crippen molar-refractivity contribution < 1.29 is 26.1 Å². The van der Waals surface area contributed by atoms with Crippen LogP contribution in [-0.2, 0) is 26.1 Å². The molecule has 2 nitrogen and oxygen atoms in total. The second-order valence-corrected chi connectivity index (χ2v) is 10.9. The van der Waals surface area contributed by atoms with Crippen molar-refractivity contribution in [2.45, 2.75) is 41.5 Å². The molecule has 0 unspecified atom stereocenters. The van der Waals surface area contributed by atoms with E-state index in [4.69, 9.17) is 9.59 Å². The Kier molecular flexibility index (Phi) is 60.9. The standard InChI is InChI=1S/2C6H15P.2CHO.Ni/c2*1-4-7(5-2)6-3;2*1-2;/h2*4-6H2,1-3H3;2*1H;/q;;2*-1;+2/p+2. The van der Waals surface area contributed by atoms with Gasteiger partial charge in [-0.3, -0.25) is 13.6 Å². The summed E-state index contributed by atoms with van der Waals surface area (Å²) in [6.45, 7) is 20.3. The van der Waals surface area contributed by atoms with Crippen molar-refractivity contribution in [2.24, 2.45) is 0 Å². The van der Waals surface area contributed by atoms with Gasteiger partial charge in [-0.25, -0.2) is 0 Å². The molecule has 120 valence electrons. The molecule has 0 heterocycles. The first-order chi connectivity index (χ1) is 8.69. The second-order valence-electron chi connectivity index (χ2n) is 3.62. The smallest absolute Gasteiger partial charge is 0.545 e. The first-order valence-corrected chi connectivity index (χ1v) is 11.1. The van der Waals surface area contributed by atoms with Crippen molar-refractivity contribution >= 4 is 29.4 Å². The molecule has 0 fully saturated rings. The normalized spacial score (nSPS) is 8.00. The summed E-state index contributed by atoms with van der Waals surface area (Å²) in [5.41, 5.74) is 0. The van der Waals surface area contributed by atoms with Gasteiger partial charge >= 0.3 is 16.5 Å². The van der Waals surface area contributed by atoms with Gasteiger partial charge in [-0.05, 0) is 57.4 Å². The van der Waals surface area contributed by atoms with E-state index >= 15 is 0 Å². The van der Waals surface area contributed by atoms with Gasteiger partial charge in [-0.15, -0.1) is 0 Å². The summed E-state index contributed by atoms with van der Waals surface area (Å²) in [6, 6.07) is 0. The summed E-state index contributed by atoms with van der Waals surface area (Å²) >= 11 is 0. The van der Waals surface area contributed by atoms with E-state index < -0.39 is 0 Å². The summed E-state index contributed by atoms with van der Waals surface area (Å²) in [7, 11) is 0.275. The van der Waals surface area contributed by atoms with Crippen molar-refractivity contribution in [1.29, 1.82) is 0 Å². The minimum Gasteiger partial charge on any atom is -0.545 e. The number of carbonyl (C=O) groups excluding carboxylic acids is 2. The predicted molar refractivity (Wildman–Crippen MR) is 93.4 cm³/mol. The maximum Gasteiger partial charge on any atom is 2.00 e. The quantitative estimate of drug-likeness (QED) is 0.313. The monoisotopic (exact) mass is 354 g/mol. The van der Waals surface area contributed by atoms with Crippen LogP contribution in [0.25, 0.3) is 0 Å². The second kappa shape index (κ2) is 36.3. The van der Waals surface area contributed by atoms with E-state index in [0.717, 1.165) is 0 Å². The Hall–Kier alpha value is 0.694. The number of hydrogen-bond acceptors (Lipinski definition) is 2. The van der Waals surface area contributed by atoms with E-state index in [0.29, 0.717) is 0 Å². The molecule has 0 atom stereocenters. The zero-order valence-electron chi connectivity index (χ0n) is 13.5. The fourth-order valence-electron chi connectivity index (χ4n) is 1.50. The third kappa shape index (κ3) is 32.3. The van der Waals surface area contributed by atoms with Gasteiger partial charge in [0.1, 0.15) is 0 Å². The van der Waals surface area contributed by atoms with Gasteiger partial charge < -0.3 is 9.59 Å². The molecule has 0 rings (SSSR count). The van der Waals surface area contributed by atoms with Gasteiger partial charge in [-0.2, -0.15) is 0 Å². The maximum atomic E-state index is 7.75. The molecular formula is C14H34NiO2P2+2. The first-order valence-electron chi connectivity index (χ1n) is 6.84. The van der Waals surface area contributed by atoms with Crippen LogP contribution >= 0.6 is 15.8 Å². The summed E-state index contributed by atoms with van der Waals surface area (Å²) in [6.07, 6.45) is 8.74. The summed E-state index contributed by atoms with van der Waals surface area (Å²) in [5.74, 6) is 0. The molecule has 0 aromatic carbocycles. The first kappa shape index (κ1) is 31.9. The van der Waals surface area contributed by atoms with Crippen molar-refractivity contribution in [2.75, 3.05) is 37.0 Å². The zero-order chi connectivity index (χ0) is 15.4. The van der Waals surface area contributed by atoms with Crippen molar-refractivity contribution in [1.82, 2.24) is 0 Å². The third-order valence-electron chi connectivity index (χ3n) is 3.00. The molecule has 0 amide bonds. The molecule has 0 N–H and O–H groups in total. The van der Waals surface area contributed by atoms with Gasteiger partial charge in [0.05, 0.1) is 37.0 Å². The molecular weight excluding hydrogens is 321 g/mol. The summed E-state index contributed by atoms with van der Waals surface area (Å²) in [4.78, 5) is 15.5. The molecule has 0 aliphatic carbocycles. The topological polar surface area (TPSA) is 34.1 Å². The van der Waals surface area contributed by atoms with Gasteiger partial charge in [0.25, 0.3) is 0 Å². The van der Waals surface area contributed by atoms with Crippen molar-refractivity contribution in [3.63, 3.8) is 0 Å². The van der Waals surface area contributed by atoms with Crippen LogP contribution in [0.1, 0.15) is 41.5 Å². The molecule has 0 saturated heterocycles. The zero-order valence-corrected chi connectivity index (χ0v) is 16.5. The molecule has 0 aromatic heterocycles. The van der Waals surface area contributed by atoms with Gasteiger partial charge in [0, 0.05) is 0 Å². The van der Waals surface area contributed by atoms with Crippen LogP contribution in [0.3, 0.4) is 0 Å². The number of rotatable bonds is 6. The average molecular weight is 355 g/mol. The molecule has 5 heteroatoms.